The number of ether oxygens (including phenoxy) is 3. The molecule has 1 aromatic heterocycles. The van der Waals surface area contributed by atoms with Gasteiger partial charge in [0.15, 0.2) is 11.5 Å². The minimum absolute atomic E-state index is 0.412. The van der Waals surface area contributed by atoms with Crippen molar-refractivity contribution in [3.63, 3.8) is 0 Å². The summed E-state index contributed by atoms with van der Waals surface area (Å²) < 4.78 is 16.6. The molecule has 0 fully saturated rings. The maximum absolute atomic E-state index is 5.72. The molecule has 0 amide bonds. The lowest BCUT2D eigenvalue weighted by Gasteiger charge is -2.25. The number of fused-ring (bicyclic) bond motifs is 1. The Kier molecular flexibility index (Phi) is 3.85. The van der Waals surface area contributed by atoms with Crippen LogP contribution < -0.4 is 25.5 Å². The molecule has 7 nitrogen and oxygen atoms in total. The van der Waals surface area contributed by atoms with Crippen molar-refractivity contribution in [2.24, 2.45) is 5.84 Å². The van der Waals surface area contributed by atoms with Crippen LogP contribution in [-0.4, -0.2) is 30.3 Å². The van der Waals surface area contributed by atoms with Gasteiger partial charge < -0.3 is 14.2 Å². The average Bonchev–Trinajstić information content (AvgIpc) is 2.56. The first-order chi connectivity index (χ1) is 10.3. The molecule has 7 heteroatoms. The maximum atomic E-state index is 5.72. The van der Waals surface area contributed by atoms with Gasteiger partial charge in [0.25, 0.3) is 0 Å². The number of hydrogen-bond acceptors (Lipinski definition) is 7. The summed E-state index contributed by atoms with van der Waals surface area (Å²) in [6, 6.07) is 5.24. The molecule has 1 aliphatic heterocycles. The van der Waals surface area contributed by atoms with Gasteiger partial charge in [0.2, 0.25) is 5.88 Å². The predicted molar refractivity (Wildman–Crippen MR) is 75.2 cm³/mol. The van der Waals surface area contributed by atoms with Crippen LogP contribution in [0.25, 0.3) is 0 Å². The second-order valence-electron chi connectivity index (χ2n) is 4.42. The van der Waals surface area contributed by atoms with E-state index in [9.17, 15) is 0 Å². The van der Waals surface area contributed by atoms with Crippen molar-refractivity contribution in [2.45, 2.75) is 6.04 Å². The Hall–Kier alpha value is -2.38. The number of methoxy groups -OCH3 is 1. The summed E-state index contributed by atoms with van der Waals surface area (Å²) in [5.41, 5.74) is 4.16. The van der Waals surface area contributed by atoms with Gasteiger partial charge in [-0.1, -0.05) is 12.1 Å². The first-order valence-electron chi connectivity index (χ1n) is 6.54. The summed E-state index contributed by atoms with van der Waals surface area (Å²) in [5, 5.41) is 0. The summed E-state index contributed by atoms with van der Waals surface area (Å²) in [5.74, 6) is 7.50. The number of para-hydroxylation sites is 1. The molecule has 0 saturated heterocycles. The van der Waals surface area contributed by atoms with Crippen LogP contribution >= 0.6 is 0 Å². The summed E-state index contributed by atoms with van der Waals surface area (Å²) >= 11 is 0. The molecule has 0 spiro atoms. The molecule has 1 atom stereocenters. The fraction of sp³-hybridized carbons (Fsp3) is 0.286. The summed E-state index contributed by atoms with van der Waals surface area (Å²) in [4.78, 5) is 8.47. The Bertz CT molecular complexity index is 635. The average molecular weight is 288 g/mol. The number of benzene rings is 1. The lowest BCUT2D eigenvalue weighted by Crippen LogP contribution is -2.31. The molecule has 3 N–H and O–H groups in total. The Morgan fingerprint density at radius 3 is 2.86 bits per heavy atom. The molecule has 1 aromatic carbocycles. The molecule has 0 bridgehead atoms. The van der Waals surface area contributed by atoms with Crippen molar-refractivity contribution in [3.8, 4) is 17.4 Å². The number of nitrogens with zero attached hydrogens (tertiary/aromatic N) is 2. The van der Waals surface area contributed by atoms with E-state index in [4.69, 9.17) is 20.1 Å². The Morgan fingerprint density at radius 1 is 1.24 bits per heavy atom. The molecule has 2 heterocycles. The molecule has 21 heavy (non-hydrogen) atoms. The third-order valence-electron chi connectivity index (χ3n) is 3.23. The number of nitrogens with one attached hydrogen (secondary N) is 1. The molecule has 110 valence electrons. The largest absolute Gasteiger partial charge is 0.486 e. The number of rotatable bonds is 4. The minimum atomic E-state index is -0.412. The molecule has 1 unspecified atom stereocenters. The third-order valence-corrected chi connectivity index (χ3v) is 3.23. The predicted octanol–water partition coefficient (Wildman–Crippen LogP) is 0.809. The smallest absolute Gasteiger partial charge is 0.237 e. The van der Waals surface area contributed by atoms with Crippen LogP contribution in [0.15, 0.2) is 30.6 Å². The SMILES string of the molecule is COc1nccnc1C(NN)c1cccc2c1OCCO2. The van der Waals surface area contributed by atoms with E-state index in [0.717, 1.165) is 5.56 Å². The molecule has 1 aliphatic rings. The highest BCUT2D eigenvalue weighted by atomic mass is 16.6. The van der Waals surface area contributed by atoms with Gasteiger partial charge in [-0.15, -0.1) is 0 Å². The third kappa shape index (κ3) is 2.48. The zero-order valence-corrected chi connectivity index (χ0v) is 11.6. The fourth-order valence-electron chi connectivity index (χ4n) is 2.33. The topological polar surface area (TPSA) is 91.5 Å². The standard InChI is InChI=1S/C14H16N4O3/c1-19-14-12(16-5-6-17-14)11(18-15)9-3-2-4-10-13(9)21-8-7-20-10/h2-6,11,18H,7-8,15H2,1H3. The van der Waals surface area contributed by atoms with E-state index >= 15 is 0 Å². The monoisotopic (exact) mass is 288 g/mol. The summed E-state index contributed by atoms with van der Waals surface area (Å²) in [6.07, 6.45) is 3.16. The van der Waals surface area contributed by atoms with Gasteiger partial charge in [0.1, 0.15) is 18.9 Å². The highest BCUT2D eigenvalue weighted by Crippen LogP contribution is 2.39. The Morgan fingerprint density at radius 2 is 2.05 bits per heavy atom. The molecule has 0 radical (unpaired) electrons. The van der Waals surface area contributed by atoms with Gasteiger partial charge in [-0.3, -0.25) is 10.8 Å². The van der Waals surface area contributed by atoms with Gasteiger partial charge in [-0.25, -0.2) is 10.4 Å². The number of aromatic nitrogens is 2. The molecule has 0 aliphatic carbocycles. The van der Waals surface area contributed by atoms with Crippen molar-refractivity contribution in [1.82, 2.24) is 15.4 Å². The van der Waals surface area contributed by atoms with Gasteiger partial charge in [-0.05, 0) is 6.07 Å². The zero-order valence-electron chi connectivity index (χ0n) is 11.6. The van der Waals surface area contributed by atoms with Crippen LogP contribution in [0.3, 0.4) is 0 Å². The van der Waals surface area contributed by atoms with E-state index in [0.29, 0.717) is 36.3 Å². The second kappa shape index (κ2) is 5.94. The summed E-state index contributed by atoms with van der Waals surface area (Å²) in [7, 11) is 1.54. The van der Waals surface area contributed by atoms with E-state index in [1.54, 1.807) is 19.5 Å². The first-order valence-corrected chi connectivity index (χ1v) is 6.54. The normalized spacial score (nSPS) is 14.6. The highest BCUT2D eigenvalue weighted by Gasteiger charge is 2.26. The molecule has 3 rings (SSSR count). The quantitative estimate of drug-likeness (QED) is 0.635. The zero-order chi connectivity index (χ0) is 14.7. The van der Waals surface area contributed by atoms with Gasteiger partial charge in [-0.2, -0.15) is 0 Å². The number of hydrazine groups is 1. The van der Waals surface area contributed by atoms with Crippen LogP contribution in [0.2, 0.25) is 0 Å². The minimum Gasteiger partial charge on any atom is -0.486 e. The number of hydrogen-bond donors (Lipinski definition) is 2. The van der Waals surface area contributed by atoms with Crippen molar-refractivity contribution in [3.05, 3.63) is 41.9 Å². The van der Waals surface area contributed by atoms with Crippen molar-refractivity contribution < 1.29 is 14.2 Å². The molecular weight excluding hydrogens is 272 g/mol. The highest BCUT2D eigenvalue weighted by molar-refractivity contribution is 5.51. The summed E-state index contributed by atoms with van der Waals surface area (Å²) in [6.45, 7) is 1.03. The van der Waals surface area contributed by atoms with Crippen molar-refractivity contribution in [1.29, 1.82) is 0 Å². The van der Waals surface area contributed by atoms with Gasteiger partial charge in [0, 0.05) is 18.0 Å². The van der Waals surface area contributed by atoms with Crippen LogP contribution in [0.1, 0.15) is 17.3 Å². The molecule has 0 saturated carbocycles. The fourth-order valence-corrected chi connectivity index (χ4v) is 2.33. The van der Waals surface area contributed by atoms with E-state index in [-0.39, 0.29) is 0 Å². The van der Waals surface area contributed by atoms with Gasteiger partial charge >= 0.3 is 0 Å². The van der Waals surface area contributed by atoms with Crippen LogP contribution in [0.5, 0.6) is 17.4 Å². The molecule has 2 aromatic rings. The lowest BCUT2D eigenvalue weighted by atomic mass is 10.0. The Labute approximate surface area is 122 Å². The van der Waals surface area contributed by atoms with Crippen molar-refractivity contribution >= 4 is 0 Å². The Balaban J connectivity index is 2.08. The lowest BCUT2D eigenvalue weighted by molar-refractivity contribution is 0.169. The van der Waals surface area contributed by atoms with E-state index in [1.807, 2.05) is 18.2 Å². The maximum Gasteiger partial charge on any atom is 0.237 e. The van der Waals surface area contributed by atoms with Crippen LogP contribution in [0.4, 0.5) is 0 Å². The first kappa shape index (κ1) is 13.6. The molecular formula is C14H16N4O3. The van der Waals surface area contributed by atoms with Crippen LogP contribution in [0, 0.1) is 0 Å². The van der Waals surface area contributed by atoms with Crippen LogP contribution in [-0.2, 0) is 0 Å². The van der Waals surface area contributed by atoms with E-state index in [1.165, 1.54) is 0 Å². The van der Waals surface area contributed by atoms with Crippen molar-refractivity contribution in [2.75, 3.05) is 20.3 Å². The second-order valence-corrected chi connectivity index (χ2v) is 4.42. The number of nitrogens with two attached hydrogens (primary N) is 1. The van der Waals surface area contributed by atoms with E-state index in [2.05, 4.69) is 15.4 Å². The van der Waals surface area contributed by atoms with E-state index < -0.39 is 6.04 Å². The van der Waals surface area contributed by atoms with Gasteiger partial charge in [0.05, 0.1) is 13.2 Å².